The zero-order chi connectivity index (χ0) is 16.0. The number of pyridine rings is 1. The van der Waals surface area contributed by atoms with Crippen molar-refractivity contribution in [3.8, 4) is 0 Å². The molecule has 2 rings (SSSR count). The summed E-state index contributed by atoms with van der Waals surface area (Å²) in [4.78, 5) is 8.49. The number of aliphatic imine (C=N–C) groups is 1. The molecule has 0 radical (unpaired) electrons. The van der Waals surface area contributed by atoms with Crippen LogP contribution in [0, 0.1) is 12.3 Å². The first-order chi connectivity index (χ1) is 10.5. The second kappa shape index (κ2) is 7.61. The summed E-state index contributed by atoms with van der Waals surface area (Å²) in [5.41, 5.74) is 3.10. The molecule has 22 heavy (non-hydrogen) atoms. The lowest BCUT2D eigenvalue weighted by Gasteiger charge is -2.35. The van der Waals surface area contributed by atoms with Gasteiger partial charge >= 0.3 is 0 Å². The van der Waals surface area contributed by atoms with Gasteiger partial charge in [0.25, 0.3) is 0 Å². The lowest BCUT2D eigenvalue weighted by atomic mass is 9.75. The van der Waals surface area contributed by atoms with Crippen LogP contribution in [-0.2, 0) is 6.42 Å². The minimum Gasteiger partial charge on any atom is -0.356 e. The predicted octanol–water partition coefficient (Wildman–Crippen LogP) is 3.07. The van der Waals surface area contributed by atoms with E-state index in [4.69, 9.17) is 0 Å². The van der Waals surface area contributed by atoms with Gasteiger partial charge in [0.15, 0.2) is 5.96 Å². The quantitative estimate of drug-likeness (QED) is 0.664. The van der Waals surface area contributed by atoms with Gasteiger partial charge in [-0.1, -0.05) is 13.8 Å². The van der Waals surface area contributed by atoms with E-state index in [1.807, 2.05) is 19.4 Å². The normalized spacial score (nSPS) is 19.0. The van der Waals surface area contributed by atoms with Gasteiger partial charge in [0, 0.05) is 32.0 Å². The first-order valence-corrected chi connectivity index (χ1v) is 8.37. The van der Waals surface area contributed by atoms with Crippen LogP contribution in [0.3, 0.4) is 0 Å². The van der Waals surface area contributed by atoms with E-state index in [1.165, 1.54) is 36.8 Å². The summed E-state index contributed by atoms with van der Waals surface area (Å²) in [7, 11) is 1.85. The molecule has 1 aliphatic rings. The van der Waals surface area contributed by atoms with Gasteiger partial charge in [-0.2, -0.15) is 0 Å². The maximum atomic E-state index is 4.35. The van der Waals surface area contributed by atoms with Crippen molar-refractivity contribution in [1.82, 2.24) is 15.6 Å². The van der Waals surface area contributed by atoms with Gasteiger partial charge in [0.05, 0.1) is 0 Å². The number of guanidine groups is 1. The van der Waals surface area contributed by atoms with E-state index in [1.54, 1.807) is 0 Å². The molecule has 1 aromatic rings. The predicted molar refractivity (Wildman–Crippen MR) is 93.2 cm³/mol. The molecule has 0 aromatic carbocycles. The van der Waals surface area contributed by atoms with E-state index >= 15 is 0 Å². The summed E-state index contributed by atoms with van der Waals surface area (Å²) >= 11 is 0. The number of nitrogens with zero attached hydrogens (tertiary/aromatic N) is 2. The Hall–Kier alpha value is -1.58. The van der Waals surface area contributed by atoms with Crippen molar-refractivity contribution >= 4 is 5.96 Å². The van der Waals surface area contributed by atoms with Crippen LogP contribution in [0.1, 0.15) is 50.7 Å². The van der Waals surface area contributed by atoms with E-state index in [9.17, 15) is 0 Å². The summed E-state index contributed by atoms with van der Waals surface area (Å²) < 4.78 is 0. The first-order valence-electron chi connectivity index (χ1n) is 8.37. The van der Waals surface area contributed by atoms with E-state index in [2.05, 4.69) is 47.4 Å². The SMILES string of the molecule is CN=C(NCCc1ccncc1C)NC1CCC(C)(C)CC1. The Balaban J connectivity index is 1.75. The van der Waals surface area contributed by atoms with Gasteiger partial charge in [-0.25, -0.2) is 0 Å². The molecule has 0 amide bonds. The summed E-state index contributed by atoms with van der Waals surface area (Å²) in [6.45, 7) is 7.74. The van der Waals surface area contributed by atoms with Crippen LogP contribution >= 0.6 is 0 Å². The average Bonchev–Trinajstić information content (AvgIpc) is 2.50. The summed E-state index contributed by atoms with van der Waals surface area (Å²) in [6.07, 6.45) is 9.82. The van der Waals surface area contributed by atoms with Crippen LogP contribution in [0.2, 0.25) is 0 Å². The Morgan fingerprint density at radius 2 is 2.09 bits per heavy atom. The highest BCUT2D eigenvalue weighted by Crippen LogP contribution is 2.34. The molecular formula is C18H30N4. The van der Waals surface area contributed by atoms with Gasteiger partial charge in [-0.3, -0.25) is 9.98 Å². The van der Waals surface area contributed by atoms with Gasteiger partial charge in [-0.15, -0.1) is 0 Å². The van der Waals surface area contributed by atoms with Crippen molar-refractivity contribution in [3.05, 3.63) is 29.6 Å². The fourth-order valence-electron chi connectivity index (χ4n) is 3.03. The monoisotopic (exact) mass is 302 g/mol. The van der Waals surface area contributed by atoms with E-state index < -0.39 is 0 Å². The molecule has 1 fully saturated rings. The Morgan fingerprint density at radius 3 is 2.73 bits per heavy atom. The Morgan fingerprint density at radius 1 is 1.36 bits per heavy atom. The van der Waals surface area contributed by atoms with Crippen LogP contribution in [0.25, 0.3) is 0 Å². The zero-order valence-corrected chi connectivity index (χ0v) is 14.4. The Bertz CT molecular complexity index is 498. The highest BCUT2D eigenvalue weighted by atomic mass is 15.2. The van der Waals surface area contributed by atoms with Crippen molar-refractivity contribution in [3.63, 3.8) is 0 Å². The molecule has 4 heteroatoms. The lowest BCUT2D eigenvalue weighted by molar-refractivity contribution is 0.216. The number of nitrogens with one attached hydrogen (secondary N) is 2. The molecule has 1 aromatic heterocycles. The van der Waals surface area contributed by atoms with Gasteiger partial charge < -0.3 is 10.6 Å². The van der Waals surface area contributed by atoms with Crippen LogP contribution < -0.4 is 10.6 Å². The van der Waals surface area contributed by atoms with Crippen LogP contribution in [-0.4, -0.2) is 30.6 Å². The molecule has 0 atom stereocenters. The Labute approximate surface area is 134 Å². The van der Waals surface area contributed by atoms with E-state index in [0.717, 1.165) is 18.9 Å². The maximum absolute atomic E-state index is 4.35. The fourth-order valence-corrected chi connectivity index (χ4v) is 3.03. The summed E-state index contributed by atoms with van der Waals surface area (Å²) in [6, 6.07) is 2.65. The molecule has 0 saturated heterocycles. The highest BCUT2D eigenvalue weighted by Gasteiger charge is 2.27. The largest absolute Gasteiger partial charge is 0.356 e. The van der Waals surface area contributed by atoms with Gasteiger partial charge in [-0.05, 0) is 61.6 Å². The van der Waals surface area contributed by atoms with Gasteiger partial charge in [0.2, 0.25) is 0 Å². The molecule has 1 heterocycles. The highest BCUT2D eigenvalue weighted by molar-refractivity contribution is 5.79. The second-order valence-corrected chi connectivity index (χ2v) is 7.13. The molecule has 0 bridgehead atoms. The van der Waals surface area contributed by atoms with Crippen LogP contribution in [0.5, 0.6) is 0 Å². The number of hydrogen-bond acceptors (Lipinski definition) is 2. The topological polar surface area (TPSA) is 49.3 Å². The summed E-state index contributed by atoms with van der Waals surface area (Å²) in [5.74, 6) is 0.927. The third-order valence-electron chi connectivity index (χ3n) is 4.73. The molecule has 1 saturated carbocycles. The van der Waals surface area contributed by atoms with Crippen LogP contribution in [0.4, 0.5) is 0 Å². The number of aryl methyl sites for hydroxylation is 1. The molecule has 2 N–H and O–H groups in total. The third-order valence-corrected chi connectivity index (χ3v) is 4.73. The lowest BCUT2D eigenvalue weighted by Crippen LogP contribution is -2.46. The first kappa shape index (κ1) is 16.8. The van der Waals surface area contributed by atoms with Crippen molar-refractivity contribution in [1.29, 1.82) is 0 Å². The van der Waals surface area contributed by atoms with Crippen molar-refractivity contribution < 1.29 is 0 Å². The van der Waals surface area contributed by atoms with Gasteiger partial charge in [0.1, 0.15) is 0 Å². The molecule has 0 spiro atoms. The second-order valence-electron chi connectivity index (χ2n) is 7.13. The van der Waals surface area contributed by atoms with Crippen LogP contribution in [0.15, 0.2) is 23.5 Å². The minimum absolute atomic E-state index is 0.508. The standard InChI is InChI=1S/C18H30N4/c1-14-13-20-11-7-15(14)8-12-21-17(19-4)22-16-5-9-18(2,3)10-6-16/h7,11,13,16H,5-6,8-10,12H2,1-4H3,(H2,19,21,22). The van der Waals surface area contributed by atoms with Crippen molar-refractivity contribution in [2.45, 2.75) is 58.9 Å². The Kier molecular flexibility index (Phi) is 5.81. The molecule has 0 unspecified atom stereocenters. The van der Waals surface area contributed by atoms with E-state index in [0.29, 0.717) is 11.5 Å². The zero-order valence-electron chi connectivity index (χ0n) is 14.4. The summed E-state index contributed by atoms with van der Waals surface area (Å²) in [5, 5.41) is 7.00. The minimum atomic E-state index is 0.508. The molecular weight excluding hydrogens is 272 g/mol. The third kappa shape index (κ3) is 5.00. The van der Waals surface area contributed by atoms with Crippen molar-refractivity contribution in [2.24, 2.45) is 10.4 Å². The maximum Gasteiger partial charge on any atom is 0.191 e. The number of rotatable bonds is 4. The molecule has 1 aliphatic carbocycles. The molecule has 122 valence electrons. The molecule has 0 aliphatic heterocycles. The smallest absolute Gasteiger partial charge is 0.191 e. The number of hydrogen-bond donors (Lipinski definition) is 2. The fraction of sp³-hybridized carbons (Fsp3) is 0.667. The number of aromatic nitrogens is 1. The molecule has 4 nitrogen and oxygen atoms in total. The van der Waals surface area contributed by atoms with E-state index in [-0.39, 0.29) is 0 Å². The van der Waals surface area contributed by atoms with Crippen molar-refractivity contribution in [2.75, 3.05) is 13.6 Å². The average molecular weight is 302 g/mol.